The van der Waals surface area contributed by atoms with E-state index in [1.807, 2.05) is 60.7 Å². The topological polar surface area (TPSA) is 80.4 Å². The van der Waals surface area contributed by atoms with E-state index in [2.05, 4.69) is 16.4 Å². The van der Waals surface area contributed by atoms with Crippen LogP contribution < -0.4 is 5.32 Å². The molecule has 1 aromatic heterocycles. The maximum atomic E-state index is 13.0. The number of carbonyl (C=O) groups is 2. The summed E-state index contributed by atoms with van der Waals surface area (Å²) in [4.78, 5) is 28.4. The number of aromatic nitrogens is 1. The first kappa shape index (κ1) is 21.0. The fourth-order valence-electron chi connectivity index (χ4n) is 4.41. The molecule has 0 saturated carbocycles. The molecule has 166 valence electrons. The van der Waals surface area contributed by atoms with Crippen LogP contribution in [0.3, 0.4) is 0 Å². The highest BCUT2D eigenvalue weighted by Gasteiger charge is 2.34. The molecule has 2 atom stereocenters. The van der Waals surface area contributed by atoms with Crippen molar-refractivity contribution in [2.24, 2.45) is 0 Å². The monoisotopic (exact) mass is 440 g/mol. The molecule has 0 unspecified atom stereocenters. The Morgan fingerprint density at radius 1 is 0.939 bits per heavy atom. The van der Waals surface area contributed by atoms with E-state index < -0.39 is 6.04 Å². The van der Waals surface area contributed by atoms with Crippen molar-refractivity contribution in [1.29, 1.82) is 0 Å². The third-order valence-corrected chi connectivity index (χ3v) is 6.08. The van der Waals surface area contributed by atoms with Crippen molar-refractivity contribution in [1.82, 2.24) is 10.3 Å². The fraction of sp³-hybridized carbons (Fsp3) is 0.185. The summed E-state index contributed by atoms with van der Waals surface area (Å²) in [7, 11) is 1.36. The normalized spacial score (nSPS) is 17.4. The van der Waals surface area contributed by atoms with Crippen molar-refractivity contribution in [2.75, 3.05) is 7.11 Å². The van der Waals surface area contributed by atoms with Crippen LogP contribution in [0.15, 0.2) is 78.9 Å². The number of H-pyrrole nitrogens is 1. The van der Waals surface area contributed by atoms with Crippen molar-refractivity contribution in [3.05, 3.63) is 107 Å². The standard InChI is InChI=1S/C27H24N2O4/c1-32-26(30)19-13-11-18(12-14-19)24-25-21(20-9-5-6-10-22(20)28-25)15-23(29-24)27(31)33-16-17-7-3-2-4-8-17/h2-14,23-24,28-29H,15-16H2,1H3/t23-,24-/m1/s1. The van der Waals surface area contributed by atoms with Gasteiger partial charge in [0.15, 0.2) is 0 Å². The highest BCUT2D eigenvalue weighted by atomic mass is 16.5. The SMILES string of the molecule is COC(=O)c1ccc([C@H]2N[C@@H](C(=O)OCc3ccccc3)Cc3c2[nH]c2ccccc32)cc1. The van der Waals surface area contributed by atoms with Gasteiger partial charge in [-0.15, -0.1) is 0 Å². The van der Waals surface area contributed by atoms with E-state index >= 15 is 0 Å². The molecule has 6 nitrogen and oxygen atoms in total. The number of benzene rings is 3. The van der Waals surface area contributed by atoms with Gasteiger partial charge in [0, 0.05) is 23.0 Å². The lowest BCUT2D eigenvalue weighted by molar-refractivity contribution is -0.147. The maximum Gasteiger partial charge on any atom is 0.337 e. The molecule has 0 radical (unpaired) electrons. The lowest BCUT2D eigenvalue weighted by Crippen LogP contribution is -2.45. The number of aromatic amines is 1. The van der Waals surface area contributed by atoms with Gasteiger partial charge >= 0.3 is 11.9 Å². The molecule has 4 aromatic rings. The minimum absolute atomic E-state index is 0.233. The van der Waals surface area contributed by atoms with Crippen LogP contribution in [-0.4, -0.2) is 30.1 Å². The second-order valence-electron chi connectivity index (χ2n) is 8.13. The molecular formula is C27H24N2O4. The zero-order valence-electron chi connectivity index (χ0n) is 18.2. The molecule has 33 heavy (non-hydrogen) atoms. The fourth-order valence-corrected chi connectivity index (χ4v) is 4.41. The summed E-state index contributed by atoms with van der Waals surface area (Å²) in [6, 6.07) is 24.3. The van der Waals surface area contributed by atoms with Gasteiger partial charge in [0.1, 0.15) is 12.6 Å². The number of hydrogen-bond acceptors (Lipinski definition) is 5. The number of hydrogen-bond donors (Lipinski definition) is 2. The van der Waals surface area contributed by atoms with Gasteiger partial charge in [0.2, 0.25) is 0 Å². The molecule has 1 aliphatic heterocycles. The van der Waals surface area contributed by atoms with E-state index in [1.165, 1.54) is 7.11 Å². The lowest BCUT2D eigenvalue weighted by Gasteiger charge is -2.30. The Kier molecular flexibility index (Phi) is 5.67. The second-order valence-corrected chi connectivity index (χ2v) is 8.13. The number of carbonyl (C=O) groups excluding carboxylic acids is 2. The maximum absolute atomic E-state index is 13.0. The van der Waals surface area contributed by atoms with E-state index in [4.69, 9.17) is 9.47 Å². The molecule has 2 heterocycles. The number of para-hydroxylation sites is 1. The van der Waals surface area contributed by atoms with Crippen molar-refractivity contribution in [3.63, 3.8) is 0 Å². The van der Waals surface area contributed by atoms with Gasteiger partial charge in [0.25, 0.3) is 0 Å². The predicted octanol–water partition coefficient (Wildman–Crippen LogP) is 4.30. The van der Waals surface area contributed by atoms with Gasteiger partial charge in [0.05, 0.1) is 18.7 Å². The third kappa shape index (κ3) is 4.13. The molecular weight excluding hydrogens is 416 g/mol. The van der Waals surface area contributed by atoms with E-state index in [0.29, 0.717) is 12.0 Å². The van der Waals surface area contributed by atoms with Crippen LogP contribution in [0.5, 0.6) is 0 Å². The number of rotatable bonds is 5. The first-order chi connectivity index (χ1) is 16.1. The Morgan fingerprint density at radius 2 is 1.67 bits per heavy atom. The van der Waals surface area contributed by atoms with Gasteiger partial charge in [-0.05, 0) is 34.9 Å². The zero-order chi connectivity index (χ0) is 22.8. The molecule has 0 bridgehead atoms. The van der Waals surface area contributed by atoms with E-state index in [-0.39, 0.29) is 24.6 Å². The van der Waals surface area contributed by atoms with Gasteiger partial charge in [-0.1, -0.05) is 60.7 Å². The van der Waals surface area contributed by atoms with Crippen molar-refractivity contribution >= 4 is 22.8 Å². The molecule has 0 saturated heterocycles. The number of ether oxygens (including phenoxy) is 2. The van der Waals surface area contributed by atoms with Crippen LogP contribution in [0.1, 0.15) is 38.8 Å². The number of nitrogens with one attached hydrogen (secondary N) is 2. The Morgan fingerprint density at radius 3 is 2.42 bits per heavy atom. The van der Waals surface area contributed by atoms with E-state index in [9.17, 15) is 9.59 Å². The average Bonchev–Trinajstić information content (AvgIpc) is 3.25. The van der Waals surface area contributed by atoms with Crippen LogP contribution >= 0.6 is 0 Å². The van der Waals surface area contributed by atoms with Crippen LogP contribution in [0.4, 0.5) is 0 Å². The summed E-state index contributed by atoms with van der Waals surface area (Å²) in [6.45, 7) is 0.233. The van der Waals surface area contributed by atoms with Crippen LogP contribution in [0, 0.1) is 0 Å². The minimum Gasteiger partial charge on any atom is -0.465 e. The summed E-state index contributed by atoms with van der Waals surface area (Å²) in [5, 5.41) is 4.57. The summed E-state index contributed by atoms with van der Waals surface area (Å²) >= 11 is 0. The predicted molar refractivity (Wildman–Crippen MR) is 125 cm³/mol. The Balaban J connectivity index is 1.46. The number of fused-ring (bicyclic) bond motifs is 3. The minimum atomic E-state index is -0.495. The molecule has 6 heteroatoms. The second kappa shape index (κ2) is 8.92. The molecule has 2 N–H and O–H groups in total. The zero-order valence-corrected chi connectivity index (χ0v) is 18.2. The first-order valence-electron chi connectivity index (χ1n) is 10.9. The highest BCUT2D eigenvalue weighted by molar-refractivity contribution is 5.89. The quantitative estimate of drug-likeness (QED) is 0.452. The molecule has 1 aliphatic rings. The van der Waals surface area contributed by atoms with Gasteiger partial charge < -0.3 is 14.5 Å². The molecule has 5 rings (SSSR count). The molecule has 0 amide bonds. The van der Waals surface area contributed by atoms with Crippen molar-refractivity contribution in [2.45, 2.75) is 25.1 Å². The van der Waals surface area contributed by atoms with E-state index in [0.717, 1.165) is 33.3 Å². The molecule has 0 spiro atoms. The third-order valence-electron chi connectivity index (χ3n) is 6.08. The lowest BCUT2D eigenvalue weighted by atomic mass is 9.90. The Hall–Kier alpha value is -3.90. The highest BCUT2D eigenvalue weighted by Crippen LogP contribution is 2.35. The summed E-state index contributed by atoms with van der Waals surface area (Å²) in [6.07, 6.45) is 0.531. The number of methoxy groups -OCH3 is 1. The summed E-state index contributed by atoms with van der Waals surface area (Å²) in [5.74, 6) is -0.669. The van der Waals surface area contributed by atoms with Gasteiger partial charge in [-0.2, -0.15) is 0 Å². The summed E-state index contributed by atoms with van der Waals surface area (Å²) < 4.78 is 10.5. The van der Waals surface area contributed by atoms with Crippen molar-refractivity contribution < 1.29 is 19.1 Å². The first-order valence-corrected chi connectivity index (χ1v) is 10.9. The van der Waals surface area contributed by atoms with Crippen LogP contribution in [0.2, 0.25) is 0 Å². The smallest absolute Gasteiger partial charge is 0.337 e. The van der Waals surface area contributed by atoms with E-state index in [1.54, 1.807) is 12.1 Å². The van der Waals surface area contributed by atoms with Crippen LogP contribution in [-0.2, 0) is 27.3 Å². The largest absolute Gasteiger partial charge is 0.465 e. The average molecular weight is 440 g/mol. The van der Waals surface area contributed by atoms with Gasteiger partial charge in [-0.3, -0.25) is 10.1 Å². The number of esters is 2. The summed E-state index contributed by atoms with van der Waals surface area (Å²) in [5.41, 5.74) is 5.52. The van der Waals surface area contributed by atoms with Gasteiger partial charge in [-0.25, -0.2) is 4.79 Å². The molecule has 0 fully saturated rings. The van der Waals surface area contributed by atoms with Crippen LogP contribution in [0.25, 0.3) is 10.9 Å². The molecule has 0 aliphatic carbocycles. The Labute approximate surface area is 191 Å². The molecule has 3 aromatic carbocycles. The van der Waals surface area contributed by atoms with Crippen molar-refractivity contribution in [3.8, 4) is 0 Å². The Bertz CT molecular complexity index is 1290.